The molecular weight excluding hydrogens is 194 g/mol. The number of carboxylic acids is 1. The monoisotopic (exact) mass is 213 g/mol. The number of rotatable bonds is 2. The van der Waals surface area contributed by atoms with Crippen LogP contribution in [-0.4, -0.2) is 48.3 Å². The zero-order valence-electron chi connectivity index (χ0n) is 9.02. The molecule has 2 atom stereocenters. The van der Waals surface area contributed by atoms with Gasteiger partial charge < -0.3 is 9.84 Å². The van der Waals surface area contributed by atoms with Gasteiger partial charge in [-0.05, 0) is 18.8 Å². The summed E-state index contributed by atoms with van der Waals surface area (Å²) in [6.07, 6.45) is 4.84. The van der Waals surface area contributed by atoms with E-state index in [2.05, 4.69) is 4.90 Å². The Morgan fingerprint density at radius 1 is 1.40 bits per heavy atom. The summed E-state index contributed by atoms with van der Waals surface area (Å²) >= 11 is 0. The van der Waals surface area contributed by atoms with E-state index in [-0.39, 0.29) is 6.54 Å². The van der Waals surface area contributed by atoms with Crippen molar-refractivity contribution in [1.82, 2.24) is 4.90 Å². The Morgan fingerprint density at radius 3 is 3.00 bits per heavy atom. The molecule has 1 heterocycles. The van der Waals surface area contributed by atoms with Gasteiger partial charge in [-0.3, -0.25) is 9.69 Å². The average molecular weight is 213 g/mol. The van der Waals surface area contributed by atoms with E-state index in [0.29, 0.717) is 18.6 Å². The Morgan fingerprint density at radius 2 is 2.20 bits per heavy atom. The number of aliphatic carboxylic acids is 1. The van der Waals surface area contributed by atoms with Gasteiger partial charge in [-0.2, -0.15) is 0 Å². The summed E-state index contributed by atoms with van der Waals surface area (Å²) in [5.74, 6) is -0.165. The van der Waals surface area contributed by atoms with Gasteiger partial charge >= 0.3 is 5.97 Å². The van der Waals surface area contributed by atoms with Crippen molar-refractivity contribution in [3.63, 3.8) is 0 Å². The maximum absolute atomic E-state index is 10.8. The van der Waals surface area contributed by atoms with Crippen LogP contribution >= 0.6 is 0 Å². The molecule has 1 N–H and O–H groups in total. The van der Waals surface area contributed by atoms with Gasteiger partial charge in [0.1, 0.15) is 0 Å². The molecular formula is C11H19NO3. The Bertz CT molecular complexity index is 232. The van der Waals surface area contributed by atoms with Crippen LogP contribution in [0.2, 0.25) is 0 Å². The lowest BCUT2D eigenvalue weighted by molar-refractivity contribution is -0.139. The summed E-state index contributed by atoms with van der Waals surface area (Å²) in [5, 5.41) is 8.87. The van der Waals surface area contributed by atoms with E-state index >= 15 is 0 Å². The fourth-order valence-corrected chi connectivity index (χ4v) is 2.82. The molecule has 86 valence electrons. The molecule has 1 aliphatic heterocycles. The molecule has 0 radical (unpaired) electrons. The van der Waals surface area contributed by atoms with Crippen molar-refractivity contribution in [3.05, 3.63) is 0 Å². The second-order valence-corrected chi connectivity index (χ2v) is 4.55. The van der Waals surface area contributed by atoms with Crippen LogP contribution in [0.1, 0.15) is 25.7 Å². The molecule has 2 rings (SSSR count). The van der Waals surface area contributed by atoms with Crippen molar-refractivity contribution in [2.75, 3.05) is 26.3 Å². The predicted molar refractivity (Wildman–Crippen MR) is 55.8 cm³/mol. The summed E-state index contributed by atoms with van der Waals surface area (Å²) in [6, 6.07) is 0.442. The number of nitrogens with zero attached hydrogens (tertiary/aromatic N) is 1. The van der Waals surface area contributed by atoms with E-state index in [1.807, 2.05) is 0 Å². The third-order valence-electron chi connectivity index (χ3n) is 3.53. The lowest BCUT2D eigenvalue weighted by Crippen LogP contribution is -2.45. The molecule has 0 bridgehead atoms. The molecule has 4 nitrogen and oxygen atoms in total. The second kappa shape index (κ2) is 4.94. The van der Waals surface area contributed by atoms with Crippen LogP contribution in [0.5, 0.6) is 0 Å². The van der Waals surface area contributed by atoms with Gasteiger partial charge in [0.2, 0.25) is 0 Å². The molecule has 0 aromatic carbocycles. The predicted octanol–water partition coefficient (Wildman–Crippen LogP) is 0.962. The largest absolute Gasteiger partial charge is 0.480 e. The van der Waals surface area contributed by atoms with Crippen molar-refractivity contribution in [1.29, 1.82) is 0 Å². The Labute approximate surface area is 90.2 Å². The van der Waals surface area contributed by atoms with E-state index in [1.165, 1.54) is 19.3 Å². The van der Waals surface area contributed by atoms with E-state index in [4.69, 9.17) is 9.84 Å². The van der Waals surface area contributed by atoms with Crippen molar-refractivity contribution in [3.8, 4) is 0 Å². The minimum atomic E-state index is -0.721. The average Bonchev–Trinajstić information content (AvgIpc) is 2.41. The van der Waals surface area contributed by atoms with Crippen LogP contribution in [0.15, 0.2) is 0 Å². The molecule has 0 unspecified atom stereocenters. The second-order valence-electron chi connectivity index (χ2n) is 4.55. The third-order valence-corrected chi connectivity index (χ3v) is 3.53. The van der Waals surface area contributed by atoms with Crippen molar-refractivity contribution in [2.45, 2.75) is 31.7 Å². The number of carboxylic acid groups (broad SMARTS) is 1. The lowest BCUT2D eigenvalue weighted by Gasteiger charge is -2.36. The maximum Gasteiger partial charge on any atom is 0.317 e. The Kier molecular flexibility index (Phi) is 3.59. The van der Waals surface area contributed by atoms with Crippen molar-refractivity contribution < 1.29 is 14.6 Å². The quantitative estimate of drug-likeness (QED) is 0.742. The first-order valence-corrected chi connectivity index (χ1v) is 5.81. The van der Waals surface area contributed by atoms with Gasteiger partial charge in [-0.15, -0.1) is 0 Å². The van der Waals surface area contributed by atoms with Crippen LogP contribution in [0.4, 0.5) is 0 Å². The van der Waals surface area contributed by atoms with Crippen LogP contribution in [0.3, 0.4) is 0 Å². The van der Waals surface area contributed by atoms with E-state index < -0.39 is 5.97 Å². The molecule has 1 saturated heterocycles. The van der Waals surface area contributed by atoms with Crippen LogP contribution in [0.25, 0.3) is 0 Å². The first kappa shape index (κ1) is 10.9. The minimum Gasteiger partial charge on any atom is -0.480 e. The van der Waals surface area contributed by atoms with Gasteiger partial charge in [0.15, 0.2) is 0 Å². The summed E-state index contributed by atoms with van der Waals surface area (Å²) in [4.78, 5) is 12.9. The van der Waals surface area contributed by atoms with Gasteiger partial charge in [0.25, 0.3) is 0 Å². The fraction of sp³-hybridized carbons (Fsp3) is 0.909. The van der Waals surface area contributed by atoms with Gasteiger partial charge in [-0.1, -0.05) is 12.8 Å². The number of ether oxygens (including phenoxy) is 1. The number of fused-ring (bicyclic) bond motifs is 1. The highest BCUT2D eigenvalue weighted by atomic mass is 16.5. The van der Waals surface area contributed by atoms with Crippen LogP contribution in [0, 0.1) is 5.92 Å². The number of carbonyl (C=O) groups is 1. The van der Waals surface area contributed by atoms with Gasteiger partial charge in [-0.25, -0.2) is 0 Å². The Balaban J connectivity index is 2.02. The molecule has 0 aromatic heterocycles. The highest BCUT2D eigenvalue weighted by Gasteiger charge is 2.32. The third kappa shape index (κ3) is 2.69. The first-order valence-electron chi connectivity index (χ1n) is 5.81. The highest BCUT2D eigenvalue weighted by molar-refractivity contribution is 5.69. The minimum absolute atomic E-state index is 0.171. The topological polar surface area (TPSA) is 49.8 Å². The molecule has 0 amide bonds. The lowest BCUT2D eigenvalue weighted by atomic mass is 9.84. The maximum atomic E-state index is 10.8. The Hall–Kier alpha value is -0.610. The molecule has 15 heavy (non-hydrogen) atoms. The molecule has 1 saturated carbocycles. The smallest absolute Gasteiger partial charge is 0.317 e. The first-order chi connectivity index (χ1) is 7.27. The number of hydrogen-bond acceptors (Lipinski definition) is 3. The SMILES string of the molecule is O=C(O)CN1CCOC[C@@H]2CCCC[C@H]21. The van der Waals surface area contributed by atoms with Crippen LogP contribution < -0.4 is 0 Å². The summed E-state index contributed by atoms with van der Waals surface area (Å²) < 4.78 is 5.54. The van der Waals surface area contributed by atoms with Crippen molar-refractivity contribution >= 4 is 5.97 Å². The van der Waals surface area contributed by atoms with Crippen LogP contribution in [-0.2, 0) is 9.53 Å². The van der Waals surface area contributed by atoms with E-state index in [1.54, 1.807) is 0 Å². The molecule has 2 fully saturated rings. The highest BCUT2D eigenvalue weighted by Crippen LogP contribution is 2.30. The summed E-state index contributed by atoms with van der Waals surface area (Å²) in [6.45, 7) is 2.44. The zero-order chi connectivity index (χ0) is 10.7. The van der Waals surface area contributed by atoms with Gasteiger partial charge in [0, 0.05) is 12.6 Å². The molecule has 4 heteroatoms. The standard InChI is InChI=1S/C11H19NO3/c13-11(14)7-12-5-6-15-8-9-3-1-2-4-10(9)12/h9-10H,1-8H2,(H,13,14)/t9-,10+/m0/s1. The van der Waals surface area contributed by atoms with Gasteiger partial charge in [0.05, 0.1) is 19.8 Å². The summed E-state index contributed by atoms with van der Waals surface area (Å²) in [7, 11) is 0. The number of hydrogen-bond donors (Lipinski definition) is 1. The van der Waals surface area contributed by atoms with E-state index in [9.17, 15) is 4.79 Å². The van der Waals surface area contributed by atoms with E-state index in [0.717, 1.165) is 19.6 Å². The zero-order valence-corrected chi connectivity index (χ0v) is 9.02. The normalized spacial score (nSPS) is 33.1. The summed E-state index contributed by atoms with van der Waals surface area (Å²) in [5.41, 5.74) is 0. The fourth-order valence-electron chi connectivity index (χ4n) is 2.82. The molecule has 0 aromatic rings. The molecule has 1 aliphatic carbocycles. The molecule has 0 spiro atoms. The molecule has 2 aliphatic rings. The van der Waals surface area contributed by atoms with Crippen molar-refractivity contribution in [2.24, 2.45) is 5.92 Å².